The minimum absolute atomic E-state index is 0.0373. The topological polar surface area (TPSA) is 20.3 Å². The van der Waals surface area contributed by atoms with E-state index in [0.717, 1.165) is 10.0 Å². The van der Waals surface area contributed by atoms with Gasteiger partial charge in [-0.2, -0.15) is 0 Å². The van der Waals surface area contributed by atoms with Crippen molar-refractivity contribution in [2.24, 2.45) is 0 Å². The maximum absolute atomic E-state index is 12.3. The predicted molar refractivity (Wildman–Crippen MR) is 79.0 cm³/mol. The summed E-state index contributed by atoms with van der Waals surface area (Å²) < 4.78 is 0.852. The number of benzene rings is 1. The van der Waals surface area contributed by atoms with E-state index in [9.17, 15) is 4.79 Å². The van der Waals surface area contributed by atoms with Crippen molar-refractivity contribution in [3.63, 3.8) is 0 Å². The number of rotatable bonds is 3. The molecule has 1 aromatic carbocycles. The average Bonchev–Trinajstić information content (AvgIpc) is 2.81. The third-order valence-corrected chi connectivity index (χ3v) is 4.19. The second-order valence-electron chi connectivity index (χ2n) is 4.22. The zero-order chi connectivity index (χ0) is 13.1. The molecule has 0 fully saturated rings. The Balaban J connectivity index is 2.15. The summed E-state index contributed by atoms with van der Waals surface area (Å²) in [7, 11) is 1.83. The van der Waals surface area contributed by atoms with Crippen molar-refractivity contribution in [3.8, 4) is 0 Å². The van der Waals surface area contributed by atoms with Gasteiger partial charge in [0.1, 0.15) is 0 Å². The zero-order valence-electron chi connectivity index (χ0n) is 10.3. The highest BCUT2D eigenvalue weighted by molar-refractivity contribution is 9.10. The smallest absolute Gasteiger partial charge is 0.255 e. The summed E-state index contributed by atoms with van der Waals surface area (Å²) in [5, 5.41) is 2.02. The van der Waals surface area contributed by atoms with Crippen LogP contribution in [0.25, 0.3) is 0 Å². The molecule has 1 amide bonds. The molecule has 1 heterocycles. The van der Waals surface area contributed by atoms with Gasteiger partial charge in [-0.1, -0.05) is 12.1 Å². The molecule has 0 atom stereocenters. The Hall–Kier alpha value is -1.13. The van der Waals surface area contributed by atoms with Gasteiger partial charge < -0.3 is 4.90 Å². The van der Waals surface area contributed by atoms with Crippen molar-refractivity contribution >= 4 is 33.2 Å². The molecule has 18 heavy (non-hydrogen) atoms. The van der Waals surface area contributed by atoms with Crippen LogP contribution in [-0.2, 0) is 6.54 Å². The number of hydrogen-bond acceptors (Lipinski definition) is 2. The predicted octanol–water partition coefficient (Wildman–Crippen LogP) is 4.09. The number of aryl methyl sites for hydroxylation is 1. The summed E-state index contributed by atoms with van der Waals surface area (Å²) in [5.74, 6) is 0.0373. The van der Waals surface area contributed by atoms with Crippen LogP contribution >= 0.6 is 27.3 Å². The van der Waals surface area contributed by atoms with Crippen molar-refractivity contribution in [2.75, 3.05) is 7.05 Å². The monoisotopic (exact) mass is 323 g/mol. The summed E-state index contributed by atoms with van der Waals surface area (Å²) in [6.45, 7) is 2.66. The fourth-order valence-electron chi connectivity index (χ4n) is 1.71. The van der Waals surface area contributed by atoms with Crippen LogP contribution in [0.3, 0.4) is 0 Å². The van der Waals surface area contributed by atoms with Crippen LogP contribution in [0.2, 0.25) is 0 Å². The van der Waals surface area contributed by atoms with E-state index in [0.29, 0.717) is 12.1 Å². The third-order valence-electron chi connectivity index (χ3n) is 2.67. The van der Waals surface area contributed by atoms with E-state index in [1.807, 2.05) is 49.7 Å². The third kappa shape index (κ3) is 3.00. The fourth-order valence-corrected chi connectivity index (χ4v) is 3.13. The molecular weight excluding hydrogens is 310 g/mol. The molecule has 2 aromatic rings. The standard InChI is InChI=1S/C14H14BrNOS/c1-10-5-6-12(13(15)8-10)14(17)16(2)9-11-4-3-7-18-11/h3-8H,9H2,1-2H3. The second-order valence-corrected chi connectivity index (χ2v) is 6.11. The minimum atomic E-state index is 0.0373. The van der Waals surface area contributed by atoms with Gasteiger partial charge >= 0.3 is 0 Å². The molecule has 1 aromatic heterocycles. The molecule has 0 bridgehead atoms. The molecule has 0 unspecified atom stereocenters. The number of carbonyl (C=O) groups excluding carboxylic acids is 1. The highest BCUT2D eigenvalue weighted by Crippen LogP contribution is 2.21. The highest BCUT2D eigenvalue weighted by Gasteiger charge is 2.15. The van der Waals surface area contributed by atoms with E-state index >= 15 is 0 Å². The maximum atomic E-state index is 12.3. The van der Waals surface area contributed by atoms with Crippen LogP contribution in [0.5, 0.6) is 0 Å². The number of amides is 1. The number of thiophene rings is 1. The van der Waals surface area contributed by atoms with Crippen molar-refractivity contribution in [1.29, 1.82) is 0 Å². The number of carbonyl (C=O) groups is 1. The lowest BCUT2D eigenvalue weighted by Gasteiger charge is -2.17. The molecule has 0 radical (unpaired) electrons. The Labute approximate surface area is 119 Å². The Bertz CT molecular complexity index is 551. The lowest BCUT2D eigenvalue weighted by Crippen LogP contribution is -2.26. The van der Waals surface area contributed by atoms with Gasteiger partial charge in [0, 0.05) is 16.4 Å². The number of halogens is 1. The molecule has 0 aliphatic carbocycles. The molecule has 0 spiro atoms. The zero-order valence-corrected chi connectivity index (χ0v) is 12.7. The molecule has 94 valence electrons. The summed E-state index contributed by atoms with van der Waals surface area (Å²) in [6, 6.07) is 9.83. The average molecular weight is 324 g/mol. The van der Waals surface area contributed by atoms with E-state index in [1.54, 1.807) is 16.2 Å². The van der Waals surface area contributed by atoms with E-state index in [1.165, 1.54) is 4.88 Å². The van der Waals surface area contributed by atoms with E-state index in [2.05, 4.69) is 15.9 Å². The molecule has 0 saturated heterocycles. The normalized spacial score (nSPS) is 10.4. The van der Waals surface area contributed by atoms with E-state index in [4.69, 9.17) is 0 Å². The van der Waals surface area contributed by atoms with Gasteiger partial charge in [-0.25, -0.2) is 0 Å². The van der Waals surface area contributed by atoms with Gasteiger partial charge in [0.05, 0.1) is 12.1 Å². The SMILES string of the molecule is Cc1ccc(C(=O)N(C)Cc2cccs2)c(Br)c1. The lowest BCUT2D eigenvalue weighted by atomic mass is 10.1. The number of hydrogen-bond donors (Lipinski definition) is 0. The number of nitrogens with zero attached hydrogens (tertiary/aromatic N) is 1. The first-order chi connectivity index (χ1) is 8.58. The van der Waals surface area contributed by atoms with E-state index in [-0.39, 0.29) is 5.91 Å². The van der Waals surface area contributed by atoms with Crippen LogP contribution < -0.4 is 0 Å². The van der Waals surface area contributed by atoms with Gasteiger partial charge in [0.2, 0.25) is 0 Å². The molecule has 2 nitrogen and oxygen atoms in total. The van der Waals surface area contributed by atoms with Crippen molar-refractivity contribution in [3.05, 3.63) is 56.2 Å². The van der Waals surface area contributed by atoms with E-state index < -0.39 is 0 Å². The van der Waals surface area contributed by atoms with Crippen LogP contribution in [0.15, 0.2) is 40.2 Å². The van der Waals surface area contributed by atoms with Crippen LogP contribution in [0.1, 0.15) is 20.8 Å². The molecular formula is C14H14BrNOS. The Morgan fingerprint density at radius 2 is 2.17 bits per heavy atom. The Morgan fingerprint density at radius 3 is 2.78 bits per heavy atom. The Morgan fingerprint density at radius 1 is 1.39 bits per heavy atom. The van der Waals surface area contributed by atoms with Gasteiger partial charge in [0.15, 0.2) is 0 Å². The van der Waals surface area contributed by atoms with Crippen molar-refractivity contribution < 1.29 is 4.79 Å². The Kier molecular flexibility index (Phi) is 4.19. The van der Waals surface area contributed by atoms with Gasteiger partial charge in [0.25, 0.3) is 5.91 Å². The second kappa shape index (κ2) is 5.67. The minimum Gasteiger partial charge on any atom is -0.337 e. The summed E-state index contributed by atoms with van der Waals surface area (Å²) in [5.41, 5.74) is 1.85. The molecule has 4 heteroatoms. The largest absolute Gasteiger partial charge is 0.337 e. The van der Waals surface area contributed by atoms with Crippen molar-refractivity contribution in [2.45, 2.75) is 13.5 Å². The van der Waals surface area contributed by atoms with Crippen LogP contribution in [0.4, 0.5) is 0 Å². The molecule has 2 rings (SSSR count). The summed E-state index contributed by atoms with van der Waals surface area (Å²) >= 11 is 5.11. The highest BCUT2D eigenvalue weighted by atomic mass is 79.9. The van der Waals surface area contributed by atoms with Gasteiger partial charge in [-0.05, 0) is 52.0 Å². The molecule has 0 N–H and O–H groups in total. The molecule has 0 aliphatic heterocycles. The van der Waals surface area contributed by atoms with Crippen LogP contribution in [0, 0.1) is 6.92 Å². The first-order valence-corrected chi connectivity index (χ1v) is 7.29. The summed E-state index contributed by atoms with van der Waals surface area (Å²) in [6.07, 6.45) is 0. The quantitative estimate of drug-likeness (QED) is 0.833. The van der Waals surface area contributed by atoms with Gasteiger partial charge in [-0.15, -0.1) is 11.3 Å². The first kappa shape index (κ1) is 13.3. The van der Waals surface area contributed by atoms with Crippen LogP contribution in [-0.4, -0.2) is 17.9 Å². The molecule has 0 aliphatic rings. The fraction of sp³-hybridized carbons (Fsp3) is 0.214. The maximum Gasteiger partial charge on any atom is 0.255 e. The van der Waals surface area contributed by atoms with Gasteiger partial charge in [-0.3, -0.25) is 4.79 Å². The summed E-state index contributed by atoms with van der Waals surface area (Å²) in [4.78, 5) is 15.2. The van der Waals surface area contributed by atoms with Crippen molar-refractivity contribution in [1.82, 2.24) is 4.90 Å². The lowest BCUT2D eigenvalue weighted by molar-refractivity contribution is 0.0785. The molecule has 0 saturated carbocycles. The first-order valence-electron chi connectivity index (χ1n) is 5.62.